The van der Waals surface area contributed by atoms with Crippen LogP contribution >= 0.6 is 11.8 Å². The lowest BCUT2D eigenvalue weighted by Gasteiger charge is -2.08. The molecule has 0 bridgehead atoms. The van der Waals surface area contributed by atoms with Gasteiger partial charge in [0.2, 0.25) is 0 Å². The third-order valence-electron chi connectivity index (χ3n) is 4.27. The van der Waals surface area contributed by atoms with Gasteiger partial charge in [-0.3, -0.25) is 0 Å². The van der Waals surface area contributed by atoms with Crippen LogP contribution in [0, 0.1) is 0 Å². The molecule has 0 atom stereocenters. The molecule has 3 rings (SSSR count). The van der Waals surface area contributed by atoms with Crippen LogP contribution in [0.2, 0.25) is 0 Å². The number of rotatable bonds is 8. The first-order valence-electron chi connectivity index (χ1n) is 8.94. The Morgan fingerprint density at radius 3 is 2.38 bits per heavy atom. The number of carbonyl (C=O) groups excluding carboxylic acids is 1. The van der Waals surface area contributed by atoms with Gasteiger partial charge in [0.25, 0.3) is 0 Å². The van der Waals surface area contributed by atoms with Gasteiger partial charge in [-0.1, -0.05) is 42.1 Å². The van der Waals surface area contributed by atoms with Crippen LogP contribution in [-0.2, 0) is 32.6 Å². The highest BCUT2D eigenvalue weighted by Gasteiger charge is 2.21. The van der Waals surface area contributed by atoms with Gasteiger partial charge < -0.3 is 9.30 Å². The maximum atomic E-state index is 12.6. The highest BCUT2D eigenvalue weighted by atomic mass is 32.2. The van der Waals surface area contributed by atoms with Crippen LogP contribution in [0.25, 0.3) is 0 Å². The Kier molecular flexibility index (Phi) is 6.71. The Labute approximate surface area is 174 Å². The predicted molar refractivity (Wildman–Crippen MR) is 110 cm³/mol. The minimum absolute atomic E-state index is 0.202. The number of hydrogen-bond donors (Lipinski definition) is 0. The second-order valence-corrected chi connectivity index (χ2v) is 9.12. The fourth-order valence-electron chi connectivity index (χ4n) is 2.73. The molecule has 0 fully saturated rings. The van der Waals surface area contributed by atoms with E-state index in [2.05, 4.69) is 10.2 Å². The zero-order valence-electron chi connectivity index (χ0n) is 16.1. The number of carbonyl (C=O) groups is 1. The van der Waals surface area contributed by atoms with Crippen LogP contribution in [0.4, 0.5) is 0 Å². The van der Waals surface area contributed by atoms with E-state index in [1.807, 2.05) is 23.6 Å². The first-order valence-corrected chi connectivity index (χ1v) is 11.6. The van der Waals surface area contributed by atoms with Crippen molar-refractivity contribution in [2.24, 2.45) is 0 Å². The summed E-state index contributed by atoms with van der Waals surface area (Å²) in [6.45, 7) is 2.49. The van der Waals surface area contributed by atoms with Crippen molar-refractivity contribution < 1.29 is 17.9 Å². The topological polar surface area (TPSA) is 91.1 Å². The molecule has 2 aromatic carbocycles. The number of esters is 1. The highest BCUT2D eigenvalue weighted by Crippen LogP contribution is 2.24. The van der Waals surface area contributed by atoms with Crippen molar-refractivity contribution in [3.05, 3.63) is 71.5 Å². The van der Waals surface area contributed by atoms with E-state index >= 15 is 0 Å². The van der Waals surface area contributed by atoms with Crippen molar-refractivity contribution >= 4 is 27.6 Å². The SMILES string of the molecule is CCn1c(CS(=O)(=O)c2ccccc2)nnc1SCc1ccc(C(=O)OC)cc1. The zero-order valence-corrected chi connectivity index (χ0v) is 17.7. The Hall–Kier alpha value is -2.65. The highest BCUT2D eigenvalue weighted by molar-refractivity contribution is 7.98. The number of aromatic nitrogens is 3. The molecule has 0 radical (unpaired) electrons. The van der Waals surface area contributed by atoms with Crippen molar-refractivity contribution in [2.45, 2.75) is 35.0 Å². The van der Waals surface area contributed by atoms with Gasteiger partial charge in [0, 0.05) is 12.3 Å². The molecule has 29 heavy (non-hydrogen) atoms. The molecule has 0 aliphatic carbocycles. The summed E-state index contributed by atoms with van der Waals surface area (Å²) in [5, 5.41) is 8.94. The Bertz CT molecular complexity index is 1080. The molecular weight excluding hydrogens is 410 g/mol. The first-order chi connectivity index (χ1) is 13.9. The quantitative estimate of drug-likeness (QED) is 0.399. The Morgan fingerprint density at radius 1 is 1.07 bits per heavy atom. The van der Waals surface area contributed by atoms with Crippen LogP contribution in [0.5, 0.6) is 0 Å². The van der Waals surface area contributed by atoms with E-state index in [4.69, 9.17) is 4.74 Å². The summed E-state index contributed by atoms with van der Waals surface area (Å²) < 4.78 is 31.8. The van der Waals surface area contributed by atoms with Gasteiger partial charge in [-0.25, -0.2) is 13.2 Å². The van der Waals surface area contributed by atoms with E-state index in [0.29, 0.717) is 28.8 Å². The largest absolute Gasteiger partial charge is 0.465 e. The molecule has 7 nitrogen and oxygen atoms in total. The number of ether oxygens (including phenoxy) is 1. The monoisotopic (exact) mass is 431 g/mol. The summed E-state index contributed by atoms with van der Waals surface area (Å²) >= 11 is 1.47. The van der Waals surface area contributed by atoms with Gasteiger partial charge in [0.05, 0.1) is 17.6 Å². The van der Waals surface area contributed by atoms with Gasteiger partial charge in [-0.2, -0.15) is 0 Å². The maximum Gasteiger partial charge on any atom is 0.337 e. The number of nitrogens with zero attached hydrogens (tertiary/aromatic N) is 3. The molecule has 0 unspecified atom stereocenters. The third kappa shape index (κ3) is 5.04. The molecule has 0 amide bonds. The Balaban J connectivity index is 1.72. The normalized spacial score (nSPS) is 11.4. The number of methoxy groups -OCH3 is 1. The lowest BCUT2D eigenvalue weighted by molar-refractivity contribution is 0.0600. The van der Waals surface area contributed by atoms with Crippen molar-refractivity contribution in [3.63, 3.8) is 0 Å². The van der Waals surface area contributed by atoms with E-state index < -0.39 is 9.84 Å². The van der Waals surface area contributed by atoms with E-state index in [1.54, 1.807) is 42.5 Å². The van der Waals surface area contributed by atoms with Gasteiger partial charge in [0.15, 0.2) is 15.0 Å². The number of hydrogen-bond acceptors (Lipinski definition) is 7. The summed E-state index contributed by atoms with van der Waals surface area (Å²) in [5.74, 6) is 0.455. The molecule has 0 spiro atoms. The van der Waals surface area contributed by atoms with Crippen LogP contribution in [0.15, 0.2) is 64.6 Å². The second kappa shape index (κ2) is 9.23. The van der Waals surface area contributed by atoms with Crippen molar-refractivity contribution in [2.75, 3.05) is 7.11 Å². The molecule has 0 aliphatic heterocycles. The average Bonchev–Trinajstić information content (AvgIpc) is 3.13. The standard InChI is InChI=1S/C20H21N3O4S2/c1-3-23-18(14-29(25,26)17-7-5-4-6-8-17)21-22-20(23)28-13-15-9-11-16(12-10-15)19(24)27-2/h4-12H,3,13-14H2,1-2H3. The fraction of sp³-hybridized carbons (Fsp3) is 0.250. The summed E-state index contributed by atoms with van der Waals surface area (Å²) in [6.07, 6.45) is 0. The van der Waals surface area contributed by atoms with Gasteiger partial charge in [-0.15, -0.1) is 10.2 Å². The van der Waals surface area contributed by atoms with Crippen LogP contribution in [0.1, 0.15) is 28.7 Å². The lowest BCUT2D eigenvalue weighted by atomic mass is 10.1. The fourth-order valence-corrected chi connectivity index (χ4v) is 5.00. The van der Waals surface area contributed by atoms with E-state index in [1.165, 1.54) is 18.9 Å². The minimum atomic E-state index is -3.49. The zero-order chi connectivity index (χ0) is 20.9. The molecule has 3 aromatic rings. The molecular formula is C20H21N3O4S2. The van der Waals surface area contributed by atoms with Crippen LogP contribution in [0.3, 0.4) is 0 Å². The number of sulfone groups is 1. The van der Waals surface area contributed by atoms with Crippen molar-refractivity contribution in [3.8, 4) is 0 Å². The predicted octanol–water partition coefficient (Wildman–Crippen LogP) is 3.35. The summed E-state index contributed by atoms with van der Waals surface area (Å²) in [4.78, 5) is 11.8. The summed E-state index contributed by atoms with van der Waals surface area (Å²) in [7, 11) is -2.15. The molecule has 0 aliphatic rings. The van der Waals surface area contributed by atoms with Gasteiger partial charge >= 0.3 is 5.97 Å². The van der Waals surface area contributed by atoms with Gasteiger partial charge in [0.1, 0.15) is 11.6 Å². The van der Waals surface area contributed by atoms with Crippen LogP contribution < -0.4 is 0 Å². The van der Waals surface area contributed by atoms with Crippen molar-refractivity contribution in [1.29, 1.82) is 0 Å². The Morgan fingerprint density at radius 2 is 1.76 bits per heavy atom. The average molecular weight is 432 g/mol. The molecule has 152 valence electrons. The molecule has 1 aromatic heterocycles. The smallest absolute Gasteiger partial charge is 0.337 e. The molecule has 0 N–H and O–H groups in total. The van der Waals surface area contributed by atoms with Gasteiger partial charge in [-0.05, 0) is 36.8 Å². The van der Waals surface area contributed by atoms with Crippen LogP contribution in [-0.4, -0.2) is 36.3 Å². The summed E-state index contributed by atoms with van der Waals surface area (Å²) in [5.41, 5.74) is 1.50. The maximum absolute atomic E-state index is 12.6. The van der Waals surface area contributed by atoms with E-state index in [9.17, 15) is 13.2 Å². The van der Waals surface area contributed by atoms with E-state index in [-0.39, 0.29) is 16.6 Å². The minimum Gasteiger partial charge on any atom is -0.465 e. The first kappa shape index (κ1) is 21.1. The molecule has 0 saturated carbocycles. The molecule has 0 saturated heterocycles. The van der Waals surface area contributed by atoms with E-state index in [0.717, 1.165) is 5.56 Å². The summed E-state index contributed by atoms with van der Waals surface area (Å²) in [6, 6.07) is 15.5. The number of thioether (sulfide) groups is 1. The second-order valence-electron chi connectivity index (χ2n) is 6.19. The molecule has 9 heteroatoms. The van der Waals surface area contributed by atoms with Crippen molar-refractivity contribution in [1.82, 2.24) is 14.8 Å². The number of benzene rings is 2. The molecule has 1 heterocycles. The third-order valence-corrected chi connectivity index (χ3v) is 6.94. The lowest BCUT2D eigenvalue weighted by Crippen LogP contribution is -2.11.